The second-order valence-electron chi connectivity index (χ2n) is 3.73. The highest BCUT2D eigenvalue weighted by Crippen LogP contribution is 2.20. The largest absolute Gasteiger partial charge is 0.481 e. The Morgan fingerprint density at radius 2 is 2.56 bits per heavy atom. The molecule has 0 aromatic carbocycles. The van der Waals surface area contributed by atoms with Gasteiger partial charge in [-0.1, -0.05) is 0 Å². The maximum Gasteiger partial charge on any atom is 0.214 e. The fourth-order valence-corrected chi connectivity index (χ4v) is 1.80. The molecule has 1 aromatic heterocycles. The number of anilines is 1. The van der Waals surface area contributed by atoms with Crippen molar-refractivity contribution in [2.24, 2.45) is 5.73 Å². The summed E-state index contributed by atoms with van der Waals surface area (Å²) in [7, 11) is 1.62. The Labute approximate surface area is 95.2 Å². The Kier molecular flexibility index (Phi) is 3.58. The number of hydrogen-bond donors (Lipinski definition) is 1. The lowest BCUT2D eigenvalue weighted by molar-refractivity contribution is 0.0465. The van der Waals surface area contributed by atoms with Crippen LogP contribution in [0.25, 0.3) is 0 Å². The van der Waals surface area contributed by atoms with Crippen LogP contribution in [0, 0.1) is 0 Å². The van der Waals surface area contributed by atoms with Gasteiger partial charge >= 0.3 is 0 Å². The van der Waals surface area contributed by atoms with Gasteiger partial charge in [0, 0.05) is 37.6 Å². The number of ether oxygens (including phenoxy) is 2. The van der Waals surface area contributed by atoms with Crippen molar-refractivity contribution >= 4 is 5.69 Å². The third kappa shape index (κ3) is 2.43. The molecule has 1 saturated heterocycles. The van der Waals surface area contributed by atoms with Gasteiger partial charge in [-0.25, -0.2) is 4.98 Å². The first-order valence-corrected chi connectivity index (χ1v) is 5.40. The van der Waals surface area contributed by atoms with E-state index in [1.807, 2.05) is 12.1 Å². The van der Waals surface area contributed by atoms with Gasteiger partial charge in [0.2, 0.25) is 5.88 Å². The zero-order valence-corrected chi connectivity index (χ0v) is 9.43. The average Bonchev–Trinajstić information content (AvgIpc) is 2.39. The van der Waals surface area contributed by atoms with Crippen LogP contribution < -0.4 is 15.4 Å². The fourth-order valence-electron chi connectivity index (χ4n) is 1.80. The van der Waals surface area contributed by atoms with Crippen molar-refractivity contribution in [2.75, 3.05) is 38.3 Å². The molecule has 0 radical (unpaired) electrons. The molecular weight excluding hydrogens is 206 g/mol. The average molecular weight is 223 g/mol. The van der Waals surface area contributed by atoms with Crippen LogP contribution >= 0.6 is 0 Å². The Hall–Kier alpha value is -1.33. The molecule has 2 rings (SSSR count). The maximum absolute atomic E-state index is 5.61. The third-order valence-electron chi connectivity index (χ3n) is 2.69. The number of aromatic nitrogens is 1. The molecule has 0 aliphatic carbocycles. The Bertz CT molecular complexity index is 346. The van der Waals surface area contributed by atoms with Gasteiger partial charge in [-0.05, 0) is 6.07 Å². The fraction of sp³-hybridized carbons (Fsp3) is 0.545. The Morgan fingerprint density at radius 1 is 1.69 bits per heavy atom. The predicted molar refractivity (Wildman–Crippen MR) is 61.8 cm³/mol. The van der Waals surface area contributed by atoms with Crippen LogP contribution in [0.3, 0.4) is 0 Å². The smallest absolute Gasteiger partial charge is 0.214 e. The first kappa shape index (κ1) is 11.2. The minimum atomic E-state index is 0.118. The van der Waals surface area contributed by atoms with E-state index in [9.17, 15) is 0 Å². The van der Waals surface area contributed by atoms with Crippen molar-refractivity contribution in [2.45, 2.75) is 6.10 Å². The summed E-state index contributed by atoms with van der Waals surface area (Å²) in [6.07, 6.45) is 1.87. The van der Waals surface area contributed by atoms with E-state index in [-0.39, 0.29) is 6.10 Å². The van der Waals surface area contributed by atoms with E-state index in [0.29, 0.717) is 19.0 Å². The number of nitrogens with two attached hydrogens (primary N) is 1. The van der Waals surface area contributed by atoms with Gasteiger partial charge in [0.05, 0.1) is 19.8 Å². The maximum atomic E-state index is 5.61. The summed E-state index contributed by atoms with van der Waals surface area (Å²) in [6.45, 7) is 2.97. The predicted octanol–water partition coefficient (Wildman–Crippen LogP) is 0.254. The van der Waals surface area contributed by atoms with E-state index >= 15 is 0 Å². The topological polar surface area (TPSA) is 60.6 Å². The summed E-state index contributed by atoms with van der Waals surface area (Å²) in [4.78, 5) is 6.33. The van der Waals surface area contributed by atoms with Gasteiger partial charge in [0.25, 0.3) is 0 Å². The number of rotatable bonds is 3. The lowest BCUT2D eigenvalue weighted by atomic mass is 10.2. The monoisotopic (exact) mass is 223 g/mol. The van der Waals surface area contributed by atoms with Crippen LogP contribution in [0.4, 0.5) is 5.69 Å². The molecule has 1 atom stereocenters. The molecule has 0 amide bonds. The van der Waals surface area contributed by atoms with Crippen LogP contribution in [0.2, 0.25) is 0 Å². The lowest BCUT2D eigenvalue weighted by Gasteiger charge is -2.33. The summed E-state index contributed by atoms with van der Waals surface area (Å²) in [6, 6.07) is 3.90. The minimum Gasteiger partial charge on any atom is -0.481 e. The van der Waals surface area contributed by atoms with Crippen LogP contribution in [-0.2, 0) is 4.74 Å². The van der Waals surface area contributed by atoms with Gasteiger partial charge in [0.1, 0.15) is 0 Å². The second-order valence-corrected chi connectivity index (χ2v) is 3.73. The van der Waals surface area contributed by atoms with E-state index in [1.165, 1.54) is 0 Å². The molecule has 0 saturated carbocycles. The van der Waals surface area contributed by atoms with Crippen LogP contribution in [0.15, 0.2) is 18.3 Å². The quantitative estimate of drug-likeness (QED) is 0.796. The van der Waals surface area contributed by atoms with Crippen LogP contribution in [0.1, 0.15) is 0 Å². The van der Waals surface area contributed by atoms with E-state index in [1.54, 1.807) is 13.3 Å². The number of hydrogen-bond acceptors (Lipinski definition) is 5. The summed E-state index contributed by atoms with van der Waals surface area (Å²) < 4.78 is 10.6. The standard InChI is InChI=1S/C11H17N3O2/c1-15-11-6-9(2-3-13-11)14-4-5-16-10(7-12)8-14/h2-3,6,10H,4-5,7-8,12H2,1H3. The SMILES string of the molecule is COc1cc(N2CCOC(CN)C2)ccn1. The Balaban J connectivity index is 2.10. The Morgan fingerprint density at radius 3 is 3.31 bits per heavy atom. The van der Waals surface area contributed by atoms with Crippen molar-refractivity contribution < 1.29 is 9.47 Å². The molecule has 0 bridgehead atoms. The van der Waals surface area contributed by atoms with Crippen molar-refractivity contribution in [3.05, 3.63) is 18.3 Å². The number of methoxy groups -OCH3 is 1. The van der Waals surface area contributed by atoms with Crippen LogP contribution in [0.5, 0.6) is 5.88 Å². The normalized spacial score (nSPS) is 20.9. The summed E-state index contributed by atoms with van der Waals surface area (Å²) in [5, 5.41) is 0. The molecule has 1 aliphatic heterocycles. The summed E-state index contributed by atoms with van der Waals surface area (Å²) in [5.41, 5.74) is 6.72. The van der Waals surface area contributed by atoms with E-state index in [4.69, 9.17) is 15.2 Å². The molecule has 1 unspecified atom stereocenters. The zero-order chi connectivity index (χ0) is 11.4. The number of pyridine rings is 1. The molecule has 5 nitrogen and oxygen atoms in total. The summed E-state index contributed by atoms with van der Waals surface area (Å²) in [5.74, 6) is 0.633. The minimum absolute atomic E-state index is 0.118. The van der Waals surface area contributed by atoms with Gasteiger partial charge in [0.15, 0.2) is 0 Å². The van der Waals surface area contributed by atoms with Crippen LogP contribution in [-0.4, -0.2) is 44.4 Å². The number of morpholine rings is 1. The van der Waals surface area contributed by atoms with Gasteiger partial charge in [-0.3, -0.25) is 0 Å². The molecule has 1 aliphatic rings. The van der Waals surface area contributed by atoms with E-state index in [2.05, 4.69) is 9.88 Å². The molecule has 1 fully saturated rings. The molecule has 0 spiro atoms. The lowest BCUT2D eigenvalue weighted by Crippen LogP contribution is -2.45. The number of nitrogens with zero attached hydrogens (tertiary/aromatic N) is 2. The van der Waals surface area contributed by atoms with Crippen molar-refractivity contribution in [1.29, 1.82) is 0 Å². The van der Waals surface area contributed by atoms with Crippen molar-refractivity contribution in [3.63, 3.8) is 0 Å². The zero-order valence-electron chi connectivity index (χ0n) is 9.43. The second kappa shape index (κ2) is 5.14. The third-order valence-corrected chi connectivity index (χ3v) is 2.69. The van der Waals surface area contributed by atoms with Crippen molar-refractivity contribution in [3.8, 4) is 5.88 Å². The molecule has 2 heterocycles. The molecule has 2 N–H and O–H groups in total. The highest BCUT2D eigenvalue weighted by Gasteiger charge is 2.19. The van der Waals surface area contributed by atoms with Gasteiger partial charge in [-0.2, -0.15) is 0 Å². The molecule has 1 aromatic rings. The first-order chi connectivity index (χ1) is 7.83. The van der Waals surface area contributed by atoms with E-state index < -0.39 is 0 Å². The molecule has 16 heavy (non-hydrogen) atoms. The summed E-state index contributed by atoms with van der Waals surface area (Å²) >= 11 is 0. The highest BCUT2D eigenvalue weighted by atomic mass is 16.5. The van der Waals surface area contributed by atoms with E-state index in [0.717, 1.165) is 18.8 Å². The molecular formula is C11H17N3O2. The first-order valence-electron chi connectivity index (χ1n) is 5.40. The molecule has 5 heteroatoms. The molecule has 88 valence electrons. The highest BCUT2D eigenvalue weighted by molar-refractivity contribution is 5.48. The van der Waals surface area contributed by atoms with Gasteiger partial charge in [-0.15, -0.1) is 0 Å². The van der Waals surface area contributed by atoms with Crippen molar-refractivity contribution in [1.82, 2.24) is 4.98 Å². The van der Waals surface area contributed by atoms with Gasteiger partial charge < -0.3 is 20.1 Å².